The number of benzene rings is 1. The number of rotatable bonds is 5. The Kier molecular flexibility index (Phi) is 3.80. The van der Waals surface area contributed by atoms with Gasteiger partial charge in [0.05, 0.1) is 20.3 Å². The highest BCUT2D eigenvalue weighted by molar-refractivity contribution is 5.31. The smallest absolute Gasteiger partial charge is 0.119 e. The van der Waals surface area contributed by atoms with Gasteiger partial charge in [-0.25, -0.2) is 0 Å². The molecule has 0 radical (unpaired) electrons. The molecule has 1 aromatic rings. The monoisotopic (exact) mass is 221 g/mol. The molecule has 2 N–H and O–H groups in total. The zero-order valence-corrected chi connectivity index (χ0v) is 9.69. The molecule has 0 amide bonds. The summed E-state index contributed by atoms with van der Waals surface area (Å²) in [4.78, 5) is 0. The van der Waals surface area contributed by atoms with Crippen LogP contribution in [0, 0.1) is 5.92 Å². The molecule has 2 rings (SSSR count). The number of hydrogen-bond acceptors (Lipinski definition) is 3. The Bertz CT molecular complexity index is 336. The third kappa shape index (κ3) is 2.54. The molecule has 0 bridgehead atoms. The number of ether oxygens (including phenoxy) is 2. The molecule has 0 saturated carbocycles. The Labute approximate surface area is 96.5 Å². The lowest BCUT2D eigenvalue weighted by Crippen LogP contribution is -2.30. The van der Waals surface area contributed by atoms with E-state index in [9.17, 15) is 0 Å². The van der Waals surface area contributed by atoms with E-state index in [1.165, 1.54) is 5.56 Å². The number of methoxy groups -OCH3 is 1. The first-order valence-corrected chi connectivity index (χ1v) is 5.75. The summed E-state index contributed by atoms with van der Waals surface area (Å²) in [5.41, 5.74) is 7.11. The lowest BCUT2D eigenvalue weighted by atomic mass is 9.88. The summed E-state index contributed by atoms with van der Waals surface area (Å²) < 4.78 is 10.4. The Morgan fingerprint density at radius 2 is 2.31 bits per heavy atom. The summed E-state index contributed by atoms with van der Waals surface area (Å²) in [5.74, 6) is 2.00. The molecule has 3 nitrogen and oxygen atoms in total. The largest absolute Gasteiger partial charge is 0.497 e. The lowest BCUT2D eigenvalue weighted by Gasteiger charge is -2.29. The van der Waals surface area contributed by atoms with Crippen LogP contribution in [0.4, 0.5) is 0 Å². The van der Waals surface area contributed by atoms with Crippen LogP contribution in [0.5, 0.6) is 5.75 Å². The highest BCUT2D eigenvalue weighted by atomic mass is 16.5. The van der Waals surface area contributed by atoms with Crippen molar-refractivity contribution >= 4 is 0 Å². The topological polar surface area (TPSA) is 44.5 Å². The first kappa shape index (κ1) is 11.4. The Morgan fingerprint density at radius 3 is 2.88 bits per heavy atom. The molecule has 1 fully saturated rings. The van der Waals surface area contributed by atoms with Gasteiger partial charge in [-0.1, -0.05) is 12.1 Å². The van der Waals surface area contributed by atoms with Crippen molar-refractivity contribution in [2.24, 2.45) is 11.7 Å². The van der Waals surface area contributed by atoms with Crippen molar-refractivity contribution in [2.45, 2.75) is 12.3 Å². The van der Waals surface area contributed by atoms with E-state index in [4.69, 9.17) is 15.2 Å². The van der Waals surface area contributed by atoms with Crippen LogP contribution in [0.25, 0.3) is 0 Å². The van der Waals surface area contributed by atoms with Gasteiger partial charge in [0.15, 0.2) is 0 Å². The molecular weight excluding hydrogens is 202 g/mol. The highest BCUT2D eigenvalue weighted by Gasteiger charge is 2.23. The second kappa shape index (κ2) is 5.32. The molecular formula is C13H19NO2. The van der Waals surface area contributed by atoms with E-state index >= 15 is 0 Å². The first-order valence-electron chi connectivity index (χ1n) is 5.75. The average Bonchev–Trinajstić information content (AvgIpc) is 2.28. The van der Waals surface area contributed by atoms with Gasteiger partial charge in [-0.2, -0.15) is 0 Å². The minimum atomic E-state index is 0.420. The fourth-order valence-electron chi connectivity index (χ4n) is 2.09. The van der Waals surface area contributed by atoms with Gasteiger partial charge in [-0.3, -0.25) is 0 Å². The van der Waals surface area contributed by atoms with Crippen LogP contribution >= 0.6 is 0 Å². The summed E-state index contributed by atoms with van der Waals surface area (Å²) in [7, 11) is 1.69. The molecule has 1 aliphatic heterocycles. The zero-order chi connectivity index (χ0) is 11.4. The highest BCUT2D eigenvalue weighted by Crippen LogP contribution is 2.28. The van der Waals surface area contributed by atoms with E-state index in [0.717, 1.165) is 25.4 Å². The van der Waals surface area contributed by atoms with Crippen LogP contribution in [0.15, 0.2) is 24.3 Å². The van der Waals surface area contributed by atoms with E-state index < -0.39 is 0 Å². The zero-order valence-electron chi connectivity index (χ0n) is 9.69. The van der Waals surface area contributed by atoms with Crippen LogP contribution in [-0.2, 0) is 4.74 Å². The van der Waals surface area contributed by atoms with Crippen molar-refractivity contribution in [3.8, 4) is 5.75 Å². The molecule has 1 saturated heterocycles. The van der Waals surface area contributed by atoms with Crippen molar-refractivity contribution in [1.82, 2.24) is 0 Å². The second-order valence-electron chi connectivity index (χ2n) is 4.35. The number of nitrogens with two attached hydrogens (primary N) is 1. The lowest BCUT2D eigenvalue weighted by molar-refractivity contribution is -0.0382. The SMILES string of the molecule is COc1cccc(C(CN)CC2COC2)c1. The van der Waals surface area contributed by atoms with Gasteiger partial charge in [-0.05, 0) is 36.6 Å². The molecule has 1 unspecified atom stereocenters. The van der Waals surface area contributed by atoms with Crippen LogP contribution < -0.4 is 10.5 Å². The van der Waals surface area contributed by atoms with Crippen LogP contribution in [-0.4, -0.2) is 26.9 Å². The summed E-state index contributed by atoms with van der Waals surface area (Å²) in [6, 6.07) is 8.19. The van der Waals surface area contributed by atoms with Gasteiger partial charge < -0.3 is 15.2 Å². The number of hydrogen-bond donors (Lipinski definition) is 1. The molecule has 0 aliphatic carbocycles. The predicted octanol–water partition coefficient (Wildman–Crippen LogP) is 1.77. The minimum absolute atomic E-state index is 0.420. The fraction of sp³-hybridized carbons (Fsp3) is 0.538. The van der Waals surface area contributed by atoms with Crippen molar-refractivity contribution in [1.29, 1.82) is 0 Å². The minimum Gasteiger partial charge on any atom is -0.497 e. The molecule has 1 aromatic carbocycles. The van der Waals surface area contributed by atoms with Crippen LogP contribution in [0.3, 0.4) is 0 Å². The normalized spacial score (nSPS) is 17.9. The van der Waals surface area contributed by atoms with Gasteiger partial charge >= 0.3 is 0 Å². The van der Waals surface area contributed by atoms with Crippen molar-refractivity contribution in [2.75, 3.05) is 26.9 Å². The molecule has 88 valence electrons. The van der Waals surface area contributed by atoms with E-state index in [1.54, 1.807) is 7.11 Å². The molecule has 0 aromatic heterocycles. The van der Waals surface area contributed by atoms with Crippen molar-refractivity contribution < 1.29 is 9.47 Å². The van der Waals surface area contributed by atoms with E-state index in [0.29, 0.717) is 18.4 Å². The Hall–Kier alpha value is -1.06. The van der Waals surface area contributed by atoms with Gasteiger partial charge in [0.2, 0.25) is 0 Å². The van der Waals surface area contributed by atoms with Crippen LogP contribution in [0.2, 0.25) is 0 Å². The van der Waals surface area contributed by atoms with Crippen molar-refractivity contribution in [3.05, 3.63) is 29.8 Å². The predicted molar refractivity (Wildman–Crippen MR) is 63.7 cm³/mol. The summed E-state index contributed by atoms with van der Waals surface area (Å²) in [5, 5.41) is 0. The third-order valence-corrected chi connectivity index (χ3v) is 3.17. The van der Waals surface area contributed by atoms with E-state index in [2.05, 4.69) is 12.1 Å². The molecule has 1 aliphatic rings. The van der Waals surface area contributed by atoms with Crippen LogP contribution in [0.1, 0.15) is 17.9 Å². The van der Waals surface area contributed by atoms with Crippen molar-refractivity contribution in [3.63, 3.8) is 0 Å². The first-order chi connectivity index (χ1) is 7.83. The molecule has 1 atom stereocenters. The van der Waals surface area contributed by atoms with E-state index in [-0.39, 0.29) is 0 Å². The maximum Gasteiger partial charge on any atom is 0.119 e. The second-order valence-corrected chi connectivity index (χ2v) is 4.35. The molecule has 16 heavy (non-hydrogen) atoms. The summed E-state index contributed by atoms with van der Waals surface area (Å²) in [6.45, 7) is 2.46. The Morgan fingerprint density at radius 1 is 1.50 bits per heavy atom. The average molecular weight is 221 g/mol. The quantitative estimate of drug-likeness (QED) is 0.824. The van der Waals surface area contributed by atoms with E-state index in [1.807, 2.05) is 12.1 Å². The van der Waals surface area contributed by atoms with Gasteiger partial charge in [0.25, 0.3) is 0 Å². The summed E-state index contributed by atoms with van der Waals surface area (Å²) >= 11 is 0. The molecule has 1 heterocycles. The van der Waals surface area contributed by atoms with Gasteiger partial charge in [-0.15, -0.1) is 0 Å². The third-order valence-electron chi connectivity index (χ3n) is 3.17. The fourth-order valence-corrected chi connectivity index (χ4v) is 2.09. The standard InChI is InChI=1S/C13H19NO2/c1-15-13-4-2-3-11(6-13)12(7-14)5-10-8-16-9-10/h2-4,6,10,12H,5,7-9,14H2,1H3. The Balaban J connectivity index is 2.05. The van der Waals surface area contributed by atoms with Gasteiger partial charge in [0, 0.05) is 5.92 Å². The summed E-state index contributed by atoms with van der Waals surface area (Å²) in [6.07, 6.45) is 1.11. The maximum atomic E-state index is 5.84. The molecule has 3 heteroatoms. The maximum absolute atomic E-state index is 5.84. The molecule has 0 spiro atoms. The van der Waals surface area contributed by atoms with Gasteiger partial charge in [0.1, 0.15) is 5.75 Å².